The summed E-state index contributed by atoms with van der Waals surface area (Å²) in [5, 5.41) is 0. The van der Waals surface area contributed by atoms with Gasteiger partial charge in [-0.2, -0.15) is 0 Å². The van der Waals surface area contributed by atoms with Crippen molar-refractivity contribution in [3.05, 3.63) is 35.6 Å². The average Bonchev–Trinajstić information content (AvgIpc) is 2.30. The molecule has 0 saturated carbocycles. The van der Waals surface area contributed by atoms with Gasteiger partial charge in [0, 0.05) is 5.92 Å². The minimum absolute atomic E-state index is 0.0805. The molecular formula is C14H20FNOS. The molecule has 1 aromatic carbocycles. The van der Waals surface area contributed by atoms with Crippen LogP contribution < -0.4 is 0 Å². The molecule has 0 saturated heterocycles. The average molecular weight is 269 g/mol. The predicted molar refractivity (Wildman–Crippen MR) is 75.8 cm³/mol. The van der Waals surface area contributed by atoms with Crippen molar-refractivity contribution in [1.82, 2.24) is 0 Å². The van der Waals surface area contributed by atoms with Gasteiger partial charge in [-0.15, -0.1) is 0 Å². The summed E-state index contributed by atoms with van der Waals surface area (Å²) in [5.41, 5.74) is 0.994. The van der Waals surface area contributed by atoms with Gasteiger partial charge >= 0.3 is 0 Å². The number of hydrogen-bond donors (Lipinski definition) is 0. The Balaban J connectivity index is 2.79. The van der Waals surface area contributed by atoms with E-state index < -0.39 is 11.4 Å². The highest BCUT2D eigenvalue weighted by molar-refractivity contribution is 7.91. The zero-order valence-electron chi connectivity index (χ0n) is 11.3. The number of halogens is 1. The largest absolute Gasteiger partial charge is 0.591 e. The number of nitrogens with zero attached hydrogens (tertiary/aromatic N) is 1. The first-order valence-electron chi connectivity index (χ1n) is 6.06. The molecule has 0 heterocycles. The summed E-state index contributed by atoms with van der Waals surface area (Å²) in [6.07, 6.45) is 2.56. The van der Waals surface area contributed by atoms with Gasteiger partial charge in [0.05, 0.1) is 6.21 Å². The highest BCUT2D eigenvalue weighted by atomic mass is 32.2. The van der Waals surface area contributed by atoms with Gasteiger partial charge < -0.3 is 4.55 Å². The first-order chi connectivity index (χ1) is 8.34. The molecule has 0 bridgehead atoms. The summed E-state index contributed by atoms with van der Waals surface area (Å²) in [6.45, 7) is 7.69. The molecule has 1 unspecified atom stereocenters. The van der Waals surface area contributed by atoms with Crippen LogP contribution in [0.4, 0.5) is 4.39 Å². The lowest BCUT2D eigenvalue weighted by Gasteiger charge is -2.18. The summed E-state index contributed by atoms with van der Waals surface area (Å²) in [5.74, 6) is -0.166. The maximum Gasteiger partial charge on any atom is 0.144 e. The Morgan fingerprint density at radius 2 is 1.89 bits per heavy atom. The van der Waals surface area contributed by atoms with E-state index in [-0.39, 0.29) is 16.5 Å². The zero-order chi connectivity index (χ0) is 13.8. The van der Waals surface area contributed by atoms with Crippen LogP contribution in [0.5, 0.6) is 0 Å². The Hall–Kier alpha value is -0.870. The molecule has 0 amide bonds. The summed E-state index contributed by atoms with van der Waals surface area (Å²) in [6, 6.07) is 6.37. The molecule has 18 heavy (non-hydrogen) atoms. The zero-order valence-corrected chi connectivity index (χ0v) is 12.1. The van der Waals surface area contributed by atoms with Crippen molar-refractivity contribution in [1.29, 1.82) is 0 Å². The minimum Gasteiger partial charge on any atom is -0.591 e. The van der Waals surface area contributed by atoms with Gasteiger partial charge in [0.15, 0.2) is 0 Å². The maximum atomic E-state index is 12.8. The molecule has 4 heteroatoms. The van der Waals surface area contributed by atoms with Gasteiger partial charge in [0.2, 0.25) is 0 Å². The van der Waals surface area contributed by atoms with Crippen LogP contribution in [0.1, 0.15) is 45.6 Å². The molecule has 1 rings (SSSR count). The smallest absolute Gasteiger partial charge is 0.144 e. The van der Waals surface area contributed by atoms with Crippen LogP contribution in [-0.2, 0) is 11.4 Å². The topological polar surface area (TPSA) is 35.4 Å². The predicted octanol–water partition coefficient (Wildman–Crippen LogP) is 3.85. The van der Waals surface area contributed by atoms with Crippen molar-refractivity contribution in [2.45, 2.75) is 44.8 Å². The summed E-state index contributed by atoms with van der Waals surface area (Å²) < 4.78 is 28.4. The van der Waals surface area contributed by atoms with Crippen LogP contribution in [0.3, 0.4) is 0 Å². The van der Waals surface area contributed by atoms with E-state index in [1.807, 2.05) is 27.7 Å². The second-order valence-corrected chi connectivity index (χ2v) is 7.12. The number of rotatable bonds is 4. The van der Waals surface area contributed by atoms with Gasteiger partial charge in [-0.1, -0.05) is 23.5 Å². The van der Waals surface area contributed by atoms with E-state index in [4.69, 9.17) is 0 Å². The Morgan fingerprint density at radius 3 is 2.33 bits per heavy atom. The maximum absolute atomic E-state index is 12.8. The second-order valence-electron chi connectivity index (χ2n) is 5.18. The van der Waals surface area contributed by atoms with E-state index in [2.05, 4.69) is 4.40 Å². The van der Waals surface area contributed by atoms with Crippen LogP contribution in [0, 0.1) is 5.82 Å². The van der Waals surface area contributed by atoms with E-state index in [1.165, 1.54) is 12.1 Å². The monoisotopic (exact) mass is 269 g/mol. The normalized spacial score (nSPS) is 15.9. The van der Waals surface area contributed by atoms with Crippen molar-refractivity contribution in [2.75, 3.05) is 0 Å². The molecule has 0 N–H and O–H groups in total. The van der Waals surface area contributed by atoms with Crippen molar-refractivity contribution in [3.63, 3.8) is 0 Å². The quantitative estimate of drug-likeness (QED) is 0.604. The molecule has 0 aliphatic heterocycles. The first-order valence-corrected chi connectivity index (χ1v) is 7.17. The fourth-order valence-corrected chi connectivity index (χ4v) is 2.00. The van der Waals surface area contributed by atoms with E-state index in [9.17, 15) is 8.94 Å². The molecule has 0 fully saturated rings. The van der Waals surface area contributed by atoms with Crippen molar-refractivity contribution >= 4 is 17.6 Å². The number of hydrogen-bond acceptors (Lipinski definition) is 2. The Labute approximate surface area is 112 Å². The molecule has 0 aliphatic rings. The highest BCUT2D eigenvalue weighted by Gasteiger charge is 2.26. The lowest BCUT2D eigenvalue weighted by atomic mass is 9.98. The Bertz CT molecular complexity index is 397. The van der Waals surface area contributed by atoms with Gasteiger partial charge in [-0.05, 0) is 44.9 Å². The molecule has 2 atom stereocenters. The molecule has 0 aliphatic carbocycles. The van der Waals surface area contributed by atoms with E-state index in [1.54, 1.807) is 18.3 Å². The Kier molecular flexibility index (Phi) is 5.35. The molecular weight excluding hydrogens is 249 g/mol. The van der Waals surface area contributed by atoms with Crippen LogP contribution in [-0.4, -0.2) is 15.5 Å². The third kappa shape index (κ3) is 4.42. The third-order valence-electron chi connectivity index (χ3n) is 2.60. The van der Waals surface area contributed by atoms with Crippen molar-refractivity contribution < 1.29 is 8.94 Å². The summed E-state index contributed by atoms with van der Waals surface area (Å²) >= 11 is -1.24. The molecule has 0 aromatic heterocycles. The molecule has 1 aromatic rings. The van der Waals surface area contributed by atoms with Gasteiger partial charge in [-0.3, -0.25) is 0 Å². The molecule has 0 radical (unpaired) electrons. The first kappa shape index (κ1) is 15.2. The summed E-state index contributed by atoms with van der Waals surface area (Å²) in [7, 11) is 0. The third-order valence-corrected chi connectivity index (χ3v) is 3.96. The van der Waals surface area contributed by atoms with Crippen molar-refractivity contribution in [3.8, 4) is 0 Å². The van der Waals surface area contributed by atoms with Crippen LogP contribution in [0.25, 0.3) is 0 Å². The second kappa shape index (κ2) is 6.34. The van der Waals surface area contributed by atoms with E-state index >= 15 is 0 Å². The van der Waals surface area contributed by atoms with Gasteiger partial charge in [0.1, 0.15) is 21.9 Å². The lowest BCUT2D eigenvalue weighted by Crippen LogP contribution is -2.26. The molecule has 2 nitrogen and oxygen atoms in total. The fourth-order valence-electron chi connectivity index (χ4n) is 1.42. The highest BCUT2D eigenvalue weighted by Crippen LogP contribution is 2.21. The van der Waals surface area contributed by atoms with Gasteiger partial charge in [0.25, 0.3) is 0 Å². The number of benzene rings is 1. The molecule has 100 valence electrons. The Morgan fingerprint density at radius 1 is 1.33 bits per heavy atom. The molecule has 0 spiro atoms. The van der Waals surface area contributed by atoms with Crippen LogP contribution >= 0.6 is 0 Å². The summed E-state index contributed by atoms with van der Waals surface area (Å²) in [4.78, 5) is 0. The fraction of sp³-hybridized carbons (Fsp3) is 0.500. The van der Waals surface area contributed by atoms with Crippen molar-refractivity contribution in [2.24, 2.45) is 4.40 Å². The van der Waals surface area contributed by atoms with E-state index in [0.29, 0.717) is 0 Å². The standard InChI is InChI=1S/C14H20FNOS/c1-5-11(10-16-18(17)14(2,3)4)12-6-8-13(15)9-7-12/h6-11H,5H2,1-4H3/t11?,18-/m0/s1. The van der Waals surface area contributed by atoms with Crippen LogP contribution in [0.15, 0.2) is 28.7 Å². The van der Waals surface area contributed by atoms with E-state index in [0.717, 1.165) is 12.0 Å². The SMILES string of the molecule is CCC(C=N[S@@+]([O-])C(C)(C)C)c1ccc(F)cc1. The lowest BCUT2D eigenvalue weighted by molar-refractivity contribution is 0.561. The van der Waals surface area contributed by atoms with Gasteiger partial charge in [-0.25, -0.2) is 4.39 Å². The minimum atomic E-state index is -1.24. The van der Waals surface area contributed by atoms with Crippen LogP contribution in [0.2, 0.25) is 0 Å².